The molecule has 0 saturated heterocycles. The third kappa shape index (κ3) is 2.46. The van der Waals surface area contributed by atoms with E-state index in [0.29, 0.717) is 5.75 Å². The number of hydrogen-bond acceptors (Lipinski definition) is 3. The quantitative estimate of drug-likeness (QED) is 0.828. The maximum atomic E-state index is 11.3. The van der Waals surface area contributed by atoms with Gasteiger partial charge in [0.05, 0.1) is 0 Å². The number of aryl methyl sites for hydroxylation is 1. The van der Waals surface area contributed by atoms with Gasteiger partial charge in [0.1, 0.15) is 5.75 Å². The number of benzene rings is 1. The van der Waals surface area contributed by atoms with Crippen molar-refractivity contribution in [3.05, 3.63) is 29.3 Å². The lowest BCUT2D eigenvalue weighted by atomic mass is 9.91. The predicted molar refractivity (Wildman–Crippen MR) is 60.5 cm³/mol. The molecule has 0 spiro atoms. The zero-order valence-corrected chi connectivity index (χ0v) is 10.1. The maximum Gasteiger partial charge on any atom is 0.527 e. The van der Waals surface area contributed by atoms with Crippen LogP contribution >= 0.6 is 7.82 Å². The van der Waals surface area contributed by atoms with Crippen molar-refractivity contribution in [1.29, 1.82) is 0 Å². The Morgan fingerprint density at radius 3 is 2.81 bits per heavy atom. The van der Waals surface area contributed by atoms with Gasteiger partial charge < -0.3 is 4.52 Å². The Morgan fingerprint density at radius 2 is 2.06 bits per heavy atom. The summed E-state index contributed by atoms with van der Waals surface area (Å²) < 4.78 is 20.8. The highest BCUT2D eigenvalue weighted by Crippen LogP contribution is 2.45. The highest BCUT2D eigenvalue weighted by molar-refractivity contribution is 7.47. The van der Waals surface area contributed by atoms with Gasteiger partial charge in [0.2, 0.25) is 0 Å². The first-order valence-electron chi connectivity index (χ1n) is 5.31. The third-order valence-electron chi connectivity index (χ3n) is 2.80. The van der Waals surface area contributed by atoms with Crippen LogP contribution in [0.3, 0.4) is 0 Å². The van der Waals surface area contributed by atoms with Crippen molar-refractivity contribution >= 4 is 7.82 Å². The van der Waals surface area contributed by atoms with Crippen molar-refractivity contribution < 1.29 is 18.5 Å². The van der Waals surface area contributed by atoms with Crippen LogP contribution in [0.1, 0.15) is 24.0 Å². The fourth-order valence-electron chi connectivity index (χ4n) is 1.99. The molecule has 0 radical (unpaired) electrons. The van der Waals surface area contributed by atoms with E-state index in [0.717, 1.165) is 38.4 Å². The first-order valence-corrected chi connectivity index (χ1v) is 6.81. The van der Waals surface area contributed by atoms with Crippen LogP contribution in [-0.2, 0) is 21.9 Å². The Morgan fingerprint density at radius 1 is 1.31 bits per heavy atom. The molecule has 0 aliphatic heterocycles. The monoisotopic (exact) mass is 242 g/mol. The number of phosphoric ester groups is 1. The van der Waals surface area contributed by atoms with E-state index in [4.69, 9.17) is 4.52 Å². The van der Waals surface area contributed by atoms with Crippen molar-refractivity contribution in [2.45, 2.75) is 25.7 Å². The summed E-state index contributed by atoms with van der Waals surface area (Å²) in [6, 6.07) is 5.59. The zero-order chi connectivity index (χ0) is 11.6. The molecule has 0 aromatic heterocycles. The molecule has 0 saturated carbocycles. The maximum absolute atomic E-state index is 11.3. The van der Waals surface area contributed by atoms with Crippen LogP contribution in [0.4, 0.5) is 0 Å². The number of hydrogen-bond donors (Lipinski definition) is 1. The Labute approximate surface area is 94.8 Å². The van der Waals surface area contributed by atoms with Crippen LogP contribution in [0, 0.1) is 0 Å². The van der Waals surface area contributed by atoms with Crippen LogP contribution in [-0.4, -0.2) is 12.0 Å². The average molecular weight is 242 g/mol. The number of fused-ring (bicyclic) bond motifs is 1. The van der Waals surface area contributed by atoms with Crippen LogP contribution in [0.25, 0.3) is 0 Å². The minimum absolute atomic E-state index is 0.477. The highest BCUT2D eigenvalue weighted by atomic mass is 31.2. The molecule has 0 fully saturated rings. The lowest BCUT2D eigenvalue weighted by Gasteiger charge is -2.20. The summed E-state index contributed by atoms with van der Waals surface area (Å²) in [5, 5.41) is 0. The van der Waals surface area contributed by atoms with Gasteiger partial charge in [0.25, 0.3) is 0 Å². The third-order valence-corrected chi connectivity index (χ3v) is 3.69. The molecule has 1 aromatic carbocycles. The largest absolute Gasteiger partial charge is 0.527 e. The molecule has 0 heterocycles. The van der Waals surface area contributed by atoms with Gasteiger partial charge in [-0.1, -0.05) is 12.1 Å². The Bertz CT molecular complexity index is 430. The molecule has 2 rings (SSSR count). The second kappa shape index (κ2) is 4.58. The Hall–Kier alpha value is -0.830. The molecule has 1 N–H and O–H groups in total. The first-order chi connectivity index (χ1) is 7.62. The molecule has 16 heavy (non-hydrogen) atoms. The minimum atomic E-state index is -3.94. The molecular formula is C11H15O4P. The van der Waals surface area contributed by atoms with Gasteiger partial charge in [0.15, 0.2) is 0 Å². The van der Waals surface area contributed by atoms with Crippen molar-refractivity contribution in [3.8, 4) is 5.75 Å². The summed E-state index contributed by atoms with van der Waals surface area (Å²) in [4.78, 5) is 9.29. The summed E-state index contributed by atoms with van der Waals surface area (Å²) in [7, 11) is -2.78. The van der Waals surface area contributed by atoms with E-state index in [2.05, 4.69) is 4.52 Å². The number of phosphoric acid groups is 1. The molecule has 1 atom stereocenters. The van der Waals surface area contributed by atoms with E-state index in [1.54, 1.807) is 6.07 Å². The number of rotatable bonds is 3. The SMILES string of the molecule is COP(=O)(O)Oc1cccc2c1CCCC2. The average Bonchev–Trinajstić information content (AvgIpc) is 2.29. The molecule has 1 aromatic rings. The summed E-state index contributed by atoms with van der Waals surface area (Å²) in [5.74, 6) is 0.477. The van der Waals surface area contributed by atoms with E-state index >= 15 is 0 Å². The van der Waals surface area contributed by atoms with Crippen molar-refractivity contribution in [2.75, 3.05) is 7.11 Å². The lowest BCUT2D eigenvalue weighted by Crippen LogP contribution is -2.05. The smallest absolute Gasteiger partial charge is 0.404 e. The second-order valence-electron chi connectivity index (χ2n) is 3.84. The van der Waals surface area contributed by atoms with Crippen LogP contribution in [0.15, 0.2) is 18.2 Å². The Kier molecular flexibility index (Phi) is 3.33. The van der Waals surface area contributed by atoms with Gasteiger partial charge in [-0.25, -0.2) is 4.57 Å². The van der Waals surface area contributed by atoms with Crippen LogP contribution in [0.2, 0.25) is 0 Å². The molecule has 88 valence electrons. The van der Waals surface area contributed by atoms with Crippen LogP contribution < -0.4 is 4.52 Å². The van der Waals surface area contributed by atoms with Gasteiger partial charge >= 0.3 is 7.82 Å². The molecular weight excluding hydrogens is 227 g/mol. The summed E-state index contributed by atoms with van der Waals surface area (Å²) in [6.45, 7) is 0. The van der Waals surface area contributed by atoms with Crippen molar-refractivity contribution in [2.24, 2.45) is 0 Å². The fraction of sp³-hybridized carbons (Fsp3) is 0.455. The summed E-state index contributed by atoms with van der Waals surface area (Å²) >= 11 is 0. The van der Waals surface area contributed by atoms with E-state index < -0.39 is 7.82 Å². The highest BCUT2D eigenvalue weighted by Gasteiger charge is 2.23. The van der Waals surface area contributed by atoms with Gasteiger partial charge in [-0.3, -0.25) is 9.42 Å². The van der Waals surface area contributed by atoms with E-state index in [1.165, 1.54) is 5.56 Å². The molecule has 1 unspecified atom stereocenters. The van der Waals surface area contributed by atoms with Crippen molar-refractivity contribution in [3.63, 3.8) is 0 Å². The lowest BCUT2D eigenvalue weighted by molar-refractivity contribution is 0.242. The zero-order valence-electron chi connectivity index (χ0n) is 9.18. The van der Waals surface area contributed by atoms with E-state index in [-0.39, 0.29) is 0 Å². The first kappa shape index (κ1) is 11.6. The van der Waals surface area contributed by atoms with E-state index in [9.17, 15) is 9.46 Å². The normalized spacial score (nSPS) is 18.6. The molecule has 0 bridgehead atoms. The van der Waals surface area contributed by atoms with E-state index in [1.807, 2.05) is 12.1 Å². The topological polar surface area (TPSA) is 55.8 Å². The fourth-order valence-corrected chi connectivity index (χ4v) is 2.49. The molecule has 4 nitrogen and oxygen atoms in total. The Balaban J connectivity index is 2.31. The molecule has 0 amide bonds. The van der Waals surface area contributed by atoms with Gasteiger partial charge in [-0.2, -0.15) is 0 Å². The predicted octanol–water partition coefficient (Wildman–Crippen LogP) is 2.69. The molecule has 1 aliphatic rings. The summed E-state index contributed by atoms with van der Waals surface area (Å²) in [5.41, 5.74) is 2.25. The standard InChI is InChI=1S/C11H15O4P/c1-14-16(12,13)15-11-8-4-6-9-5-2-3-7-10(9)11/h4,6,8H,2-3,5,7H2,1H3,(H,12,13). The van der Waals surface area contributed by atoms with Crippen molar-refractivity contribution in [1.82, 2.24) is 0 Å². The van der Waals surface area contributed by atoms with Gasteiger partial charge in [-0.15, -0.1) is 0 Å². The second-order valence-corrected chi connectivity index (χ2v) is 5.33. The minimum Gasteiger partial charge on any atom is -0.404 e. The van der Waals surface area contributed by atoms with Gasteiger partial charge in [0, 0.05) is 7.11 Å². The van der Waals surface area contributed by atoms with Crippen LogP contribution in [0.5, 0.6) is 5.75 Å². The molecule has 5 heteroatoms. The molecule has 1 aliphatic carbocycles. The summed E-state index contributed by atoms with van der Waals surface area (Å²) in [6.07, 6.45) is 4.16. The van der Waals surface area contributed by atoms with Gasteiger partial charge in [-0.05, 0) is 42.9 Å².